The lowest BCUT2D eigenvalue weighted by molar-refractivity contribution is -0.117. The first-order chi connectivity index (χ1) is 25.3. The Morgan fingerprint density at radius 1 is 0.962 bits per heavy atom. The summed E-state index contributed by atoms with van der Waals surface area (Å²) >= 11 is 4.64. The van der Waals surface area contributed by atoms with Gasteiger partial charge < -0.3 is 34.2 Å². The molecule has 4 aromatic rings. The monoisotopic (exact) mass is 727 g/mol. The van der Waals surface area contributed by atoms with Crippen molar-refractivity contribution in [3.8, 4) is 17.2 Å². The maximum atomic E-state index is 13.8. The van der Waals surface area contributed by atoms with Crippen LogP contribution in [0, 0.1) is 0 Å². The molecule has 3 aliphatic heterocycles. The Balaban J connectivity index is 0.00000228. The quantitative estimate of drug-likeness (QED) is 0.154. The third-order valence-electron chi connectivity index (χ3n) is 9.74. The lowest BCUT2D eigenvalue weighted by Gasteiger charge is -2.38. The van der Waals surface area contributed by atoms with E-state index < -0.39 is 18.4 Å². The smallest absolute Gasteiger partial charge is 0.416 e. The van der Waals surface area contributed by atoms with Gasteiger partial charge in [0.25, 0.3) is 5.91 Å². The molecule has 11 nitrogen and oxygen atoms in total. The molecule has 7 rings (SSSR count). The van der Waals surface area contributed by atoms with E-state index in [1.807, 2.05) is 48.5 Å². The first kappa shape index (κ1) is 36.5. The molecule has 3 aliphatic rings. The molecule has 12 heteroatoms. The molecule has 1 saturated heterocycles. The molecule has 0 bridgehead atoms. The molecule has 0 saturated carbocycles. The van der Waals surface area contributed by atoms with E-state index in [2.05, 4.69) is 18.2 Å². The van der Waals surface area contributed by atoms with Crippen molar-refractivity contribution in [2.24, 2.45) is 0 Å². The van der Waals surface area contributed by atoms with Crippen LogP contribution in [0.3, 0.4) is 0 Å². The number of halogens is 1. The van der Waals surface area contributed by atoms with Gasteiger partial charge in [-0.15, -0.1) is 11.6 Å². The summed E-state index contributed by atoms with van der Waals surface area (Å²) in [5.74, 6) is 0.310. The number of amides is 3. The Hall–Kier alpha value is -5.26. The van der Waals surface area contributed by atoms with Crippen molar-refractivity contribution in [3.63, 3.8) is 0 Å². The van der Waals surface area contributed by atoms with E-state index in [4.69, 9.17) is 14.2 Å². The largest absolute Gasteiger partial charge is 0.507 e. The molecule has 52 heavy (non-hydrogen) atoms. The number of rotatable bonds is 8. The number of carbonyl (C=O) groups excluding carboxylic acids is 3. The number of hydrogen-bond donors (Lipinski definition) is 2. The topological polar surface area (TPSA) is 129 Å². The number of aliphatic hydroxyl groups excluding tert-OH is 1. The highest BCUT2D eigenvalue weighted by Crippen LogP contribution is 2.42. The second-order valence-corrected chi connectivity index (χ2v) is 12.8. The number of aliphatic hydroxyl groups is 1. The zero-order valence-corrected chi connectivity index (χ0v) is 30.0. The molecular formula is C40H42ClN3O8. The zero-order valence-electron chi connectivity index (χ0n) is 29.2. The van der Waals surface area contributed by atoms with E-state index in [1.165, 1.54) is 31.7 Å². The van der Waals surface area contributed by atoms with Gasteiger partial charge in [0.1, 0.15) is 19.0 Å². The van der Waals surface area contributed by atoms with Crippen LogP contribution in [0.25, 0.3) is 10.8 Å². The van der Waals surface area contributed by atoms with Crippen molar-refractivity contribution in [2.75, 3.05) is 43.0 Å². The highest BCUT2D eigenvalue weighted by atomic mass is 35.5. The number of carbonyl (C=O) groups is 3. The standard InChI is InChI=1S/C39H39N3O8.CH3Cl/c1-3-17-49-39(47)42-32-22-35(34(48-2)20-29(32)37(45)41-15-7-6-13-30(41)38(42)46)50-23-25-10-8-9-24(18-25)19-36(44)40-16-14-27-26-11-4-5-12-28(26)33(43)21-31(27)40;1-2/h3-5,8-12,18,20-22,30,38,43,46H,1,6-7,13-17,19,23H2,2H3;1H3. The number of aromatic hydroxyl groups is 1. The minimum Gasteiger partial charge on any atom is -0.507 e. The minimum atomic E-state index is -1.33. The van der Waals surface area contributed by atoms with Gasteiger partial charge >= 0.3 is 6.09 Å². The summed E-state index contributed by atoms with van der Waals surface area (Å²) in [6, 6.07) is 19.3. The normalized spacial score (nSPS) is 17.6. The lowest BCUT2D eigenvalue weighted by atomic mass is 10.0. The Labute approximate surface area is 307 Å². The van der Waals surface area contributed by atoms with Crippen LogP contribution in [-0.4, -0.2) is 78.5 Å². The number of anilines is 2. The van der Waals surface area contributed by atoms with Crippen molar-refractivity contribution in [1.82, 2.24) is 4.90 Å². The fraction of sp³-hybridized carbons (Fsp3) is 0.325. The van der Waals surface area contributed by atoms with Crippen LogP contribution < -0.4 is 19.3 Å². The minimum absolute atomic E-state index is 0.0677. The van der Waals surface area contributed by atoms with Crippen LogP contribution in [0.5, 0.6) is 17.2 Å². The van der Waals surface area contributed by atoms with Gasteiger partial charge in [-0.05, 0) is 53.8 Å². The Morgan fingerprint density at radius 3 is 2.50 bits per heavy atom. The average molecular weight is 728 g/mol. The molecule has 4 aromatic carbocycles. The van der Waals surface area contributed by atoms with E-state index in [1.54, 1.807) is 15.9 Å². The number of benzene rings is 4. The van der Waals surface area contributed by atoms with Crippen LogP contribution in [0.15, 0.2) is 79.4 Å². The number of nitrogens with zero attached hydrogens (tertiary/aromatic N) is 3. The summed E-state index contributed by atoms with van der Waals surface area (Å²) in [6.07, 6.45) is 3.77. The average Bonchev–Trinajstić information content (AvgIpc) is 3.58. The predicted octanol–water partition coefficient (Wildman–Crippen LogP) is 6.58. The first-order valence-corrected chi connectivity index (χ1v) is 17.9. The number of phenols is 1. The van der Waals surface area contributed by atoms with Crippen molar-refractivity contribution in [2.45, 2.75) is 51.0 Å². The maximum absolute atomic E-state index is 13.8. The summed E-state index contributed by atoms with van der Waals surface area (Å²) in [7, 11) is 1.47. The molecule has 2 unspecified atom stereocenters. The third-order valence-corrected chi connectivity index (χ3v) is 9.74. The van der Waals surface area contributed by atoms with Gasteiger partial charge in [0.05, 0.1) is 36.5 Å². The molecule has 3 heterocycles. The van der Waals surface area contributed by atoms with Crippen LogP contribution >= 0.6 is 11.6 Å². The van der Waals surface area contributed by atoms with E-state index in [-0.39, 0.29) is 59.9 Å². The number of methoxy groups -OCH3 is 1. The molecule has 272 valence electrons. The summed E-state index contributed by atoms with van der Waals surface area (Å²) in [5.41, 5.74) is 3.73. The van der Waals surface area contributed by atoms with Crippen molar-refractivity contribution in [3.05, 3.63) is 102 Å². The number of phenolic OH excluding ortho intramolecular Hbond substituents is 1. The summed E-state index contributed by atoms with van der Waals surface area (Å²) in [6.45, 7) is 4.62. The lowest BCUT2D eigenvalue weighted by Crippen LogP contribution is -2.55. The zero-order chi connectivity index (χ0) is 36.9. The van der Waals surface area contributed by atoms with E-state index in [0.29, 0.717) is 25.9 Å². The van der Waals surface area contributed by atoms with Gasteiger partial charge in [-0.1, -0.05) is 61.2 Å². The van der Waals surface area contributed by atoms with E-state index in [9.17, 15) is 24.6 Å². The van der Waals surface area contributed by atoms with Crippen molar-refractivity contribution in [1.29, 1.82) is 0 Å². The van der Waals surface area contributed by atoms with Crippen LogP contribution in [0.2, 0.25) is 0 Å². The van der Waals surface area contributed by atoms with Gasteiger partial charge in [0.15, 0.2) is 17.7 Å². The van der Waals surface area contributed by atoms with Crippen LogP contribution in [0.1, 0.15) is 46.3 Å². The van der Waals surface area contributed by atoms with E-state index in [0.717, 1.165) is 50.9 Å². The number of alkyl halides is 1. The van der Waals surface area contributed by atoms with Gasteiger partial charge in [0, 0.05) is 37.0 Å². The molecule has 0 spiro atoms. The first-order valence-electron chi connectivity index (χ1n) is 17.2. The second kappa shape index (κ2) is 16.0. The number of piperidine rings is 1. The van der Waals surface area contributed by atoms with E-state index >= 15 is 0 Å². The Kier molecular flexibility index (Phi) is 11.2. The number of ether oxygens (including phenoxy) is 3. The Bertz CT molecular complexity index is 2000. The maximum Gasteiger partial charge on any atom is 0.416 e. The molecule has 0 aromatic heterocycles. The fourth-order valence-electron chi connectivity index (χ4n) is 7.36. The van der Waals surface area contributed by atoms with Gasteiger partial charge in [-0.25, -0.2) is 9.69 Å². The number of hydrogen-bond acceptors (Lipinski definition) is 8. The second-order valence-electron chi connectivity index (χ2n) is 12.8. The molecule has 1 fully saturated rings. The summed E-state index contributed by atoms with van der Waals surface area (Å²) in [5, 5.41) is 23.9. The molecule has 0 aliphatic carbocycles. The number of fused-ring (bicyclic) bond motifs is 5. The molecule has 2 N–H and O–H groups in total. The molecule has 0 radical (unpaired) electrons. The SMILES string of the molecule is C=CCOC(=O)N1c2cc(OCc3cccc(CC(=O)N4CCc5c4cc(O)c4ccccc54)c3)c(OC)cc2C(=O)N2CCCCC2C1O.CCl. The predicted molar refractivity (Wildman–Crippen MR) is 200 cm³/mol. The molecule has 3 amide bonds. The highest BCUT2D eigenvalue weighted by Gasteiger charge is 2.44. The Morgan fingerprint density at radius 2 is 1.73 bits per heavy atom. The van der Waals surface area contributed by atoms with Gasteiger partial charge in [0.2, 0.25) is 5.91 Å². The molecular weight excluding hydrogens is 686 g/mol. The fourth-order valence-corrected chi connectivity index (χ4v) is 7.36. The van der Waals surface area contributed by atoms with Crippen molar-refractivity contribution < 1.29 is 38.8 Å². The van der Waals surface area contributed by atoms with Gasteiger partial charge in [-0.2, -0.15) is 0 Å². The highest BCUT2D eigenvalue weighted by molar-refractivity contribution is 6.15. The van der Waals surface area contributed by atoms with Crippen LogP contribution in [-0.2, 0) is 29.0 Å². The van der Waals surface area contributed by atoms with Crippen molar-refractivity contribution >= 4 is 51.7 Å². The molecule has 2 atom stereocenters. The summed E-state index contributed by atoms with van der Waals surface area (Å²) in [4.78, 5) is 45.2. The van der Waals surface area contributed by atoms with Gasteiger partial charge in [-0.3, -0.25) is 9.59 Å². The van der Waals surface area contributed by atoms with Crippen LogP contribution in [0.4, 0.5) is 16.2 Å². The third kappa shape index (κ3) is 6.98. The summed E-state index contributed by atoms with van der Waals surface area (Å²) < 4.78 is 17.2.